The van der Waals surface area contributed by atoms with Crippen LogP contribution in [0.3, 0.4) is 0 Å². The number of carbonyl (C=O) groups is 1. The van der Waals surface area contributed by atoms with Gasteiger partial charge in [0.2, 0.25) is 0 Å². The number of aromatic nitrogens is 1. The molecule has 1 unspecified atom stereocenters. The molecule has 0 aliphatic rings. The molecular weight excluding hydrogens is 264 g/mol. The summed E-state index contributed by atoms with van der Waals surface area (Å²) >= 11 is 5.93. The molecule has 0 aliphatic heterocycles. The number of hydrogen-bond donors (Lipinski definition) is 2. The lowest BCUT2D eigenvalue weighted by atomic mass is 10.1. The zero-order valence-corrected chi connectivity index (χ0v) is 11.3. The number of nitrogens with zero attached hydrogens (tertiary/aromatic N) is 1. The Morgan fingerprint density at radius 2 is 2.21 bits per heavy atom. The van der Waals surface area contributed by atoms with Crippen molar-refractivity contribution >= 4 is 28.4 Å². The third-order valence-corrected chi connectivity index (χ3v) is 3.05. The molecule has 2 N–H and O–H groups in total. The molecule has 5 heteroatoms. The molecule has 1 aromatic heterocycles. The second-order valence-electron chi connectivity index (χ2n) is 4.51. The summed E-state index contributed by atoms with van der Waals surface area (Å²) in [6.07, 6.45) is 0. The molecular formula is C14H15ClN2O2. The number of benzene rings is 1. The van der Waals surface area contributed by atoms with E-state index in [0.29, 0.717) is 22.8 Å². The Morgan fingerprint density at radius 1 is 1.47 bits per heavy atom. The minimum Gasteiger partial charge on any atom is -0.396 e. The van der Waals surface area contributed by atoms with Crippen molar-refractivity contribution in [3.05, 3.63) is 41.0 Å². The van der Waals surface area contributed by atoms with Gasteiger partial charge in [-0.25, -0.2) is 4.98 Å². The summed E-state index contributed by atoms with van der Waals surface area (Å²) < 4.78 is 0. The van der Waals surface area contributed by atoms with Crippen LogP contribution in [0, 0.1) is 5.92 Å². The third-order valence-electron chi connectivity index (χ3n) is 2.85. The quantitative estimate of drug-likeness (QED) is 0.843. The van der Waals surface area contributed by atoms with Gasteiger partial charge in [0.05, 0.1) is 11.1 Å². The molecule has 1 aromatic carbocycles. The van der Waals surface area contributed by atoms with Crippen LogP contribution in [0.2, 0.25) is 5.15 Å². The summed E-state index contributed by atoms with van der Waals surface area (Å²) in [7, 11) is 0. The Kier molecular flexibility index (Phi) is 4.35. The van der Waals surface area contributed by atoms with Crippen LogP contribution in [0.15, 0.2) is 30.3 Å². The van der Waals surface area contributed by atoms with E-state index in [4.69, 9.17) is 16.7 Å². The lowest BCUT2D eigenvalue weighted by Gasteiger charge is -2.11. The fourth-order valence-electron chi connectivity index (χ4n) is 1.76. The van der Waals surface area contributed by atoms with Gasteiger partial charge in [-0.15, -0.1) is 0 Å². The zero-order chi connectivity index (χ0) is 13.8. The van der Waals surface area contributed by atoms with Gasteiger partial charge >= 0.3 is 0 Å². The first-order valence-electron chi connectivity index (χ1n) is 6.06. The van der Waals surface area contributed by atoms with Gasteiger partial charge in [-0.3, -0.25) is 4.79 Å². The first-order chi connectivity index (χ1) is 9.11. The van der Waals surface area contributed by atoms with Gasteiger partial charge in [0.1, 0.15) is 5.15 Å². The number of hydrogen-bond acceptors (Lipinski definition) is 3. The van der Waals surface area contributed by atoms with Gasteiger partial charge in [-0.1, -0.05) is 36.7 Å². The average molecular weight is 279 g/mol. The zero-order valence-electron chi connectivity index (χ0n) is 10.6. The fraction of sp³-hybridized carbons (Fsp3) is 0.286. The predicted octanol–water partition coefficient (Wildman–Crippen LogP) is 2.25. The summed E-state index contributed by atoms with van der Waals surface area (Å²) in [6.45, 7) is 2.32. The number of aliphatic hydroxyl groups excluding tert-OH is 1. The van der Waals surface area contributed by atoms with Crippen LogP contribution < -0.4 is 5.32 Å². The van der Waals surface area contributed by atoms with Crippen LogP contribution in [0.1, 0.15) is 17.3 Å². The Bertz CT molecular complexity index is 601. The van der Waals surface area contributed by atoms with Crippen molar-refractivity contribution < 1.29 is 9.90 Å². The van der Waals surface area contributed by atoms with Crippen LogP contribution >= 0.6 is 11.6 Å². The molecule has 0 bridgehead atoms. The van der Waals surface area contributed by atoms with E-state index in [2.05, 4.69) is 10.3 Å². The van der Waals surface area contributed by atoms with Crippen molar-refractivity contribution in [1.82, 2.24) is 10.3 Å². The number of fused-ring (bicyclic) bond motifs is 1. The normalized spacial score (nSPS) is 12.4. The number of pyridine rings is 1. The molecule has 0 saturated carbocycles. The van der Waals surface area contributed by atoms with Gasteiger partial charge in [-0.2, -0.15) is 0 Å². The number of carbonyl (C=O) groups excluding carboxylic acids is 1. The highest BCUT2D eigenvalue weighted by Crippen LogP contribution is 2.20. The monoisotopic (exact) mass is 278 g/mol. The molecule has 1 amide bonds. The molecule has 0 saturated heterocycles. The lowest BCUT2D eigenvalue weighted by Crippen LogP contribution is -2.29. The molecule has 0 fully saturated rings. The molecule has 19 heavy (non-hydrogen) atoms. The average Bonchev–Trinajstić information content (AvgIpc) is 2.43. The maximum Gasteiger partial charge on any atom is 0.252 e. The van der Waals surface area contributed by atoms with Crippen LogP contribution in [0.25, 0.3) is 10.9 Å². The van der Waals surface area contributed by atoms with Crippen molar-refractivity contribution in [1.29, 1.82) is 0 Å². The molecule has 2 rings (SSSR count). The topological polar surface area (TPSA) is 62.2 Å². The van der Waals surface area contributed by atoms with Crippen LogP contribution in [0.5, 0.6) is 0 Å². The van der Waals surface area contributed by atoms with E-state index in [1.165, 1.54) is 0 Å². The van der Waals surface area contributed by atoms with E-state index in [1.54, 1.807) is 6.07 Å². The maximum atomic E-state index is 12.2. The number of amides is 1. The van der Waals surface area contributed by atoms with E-state index < -0.39 is 0 Å². The number of aliphatic hydroxyl groups is 1. The Labute approximate surface area is 116 Å². The summed E-state index contributed by atoms with van der Waals surface area (Å²) in [5, 5.41) is 12.8. The SMILES string of the molecule is CC(CO)CNC(=O)c1cc(Cl)nc2ccccc12. The van der Waals surface area contributed by atoms with Gasteiger partial charge in [0, 0.05) is 18.5 Å². The van der Waals surface area contributed by atoms with Crippen molar-refractivity contribution in [2.75, 3.05) is 13.2 Å². The molecule has 2 aromatic rings. The van der Waals surface area contributed by atoms with Crippen molar-refractivity contribution in [3.63, 3.8) is 0 Å². The summed E-state index contributed by atoms with van der Waals surface area (Å²) in [4.78, 5) is 16.3. The molecule has 4 nitrogen and oxygen atoms in total. The summed E-state index contributed by atoms with van der Waals surface area (Å²) in [6, 6.07) is 8.91. The largest absolute Gasteiger partial charge is 0.396 e. The number of halogens is 1. The lowest BCUT2D eigenvalue weighted by molar-refractivity contribution is 0.0944. The molecule has 0 aliphatic carbocycles. The van der Waals surface area contributed by atoms with E-state index in [0.717, 1.165) is 5.39 Å². The third kappa shape index (κ3) is 3.22. The molecule has 0 radical (unpaired) electrons. The van der Waals surface area contributed by atoms with E-state index in [1.807, 2.05) is 31.2 Å². The summed E-state index contributed by atoms with van der Waals surface area (Å²) in [5.74, 6) is -0.187. The van der Waals surface area contributed by atoms with Crippen molar-refractivity contribution in [2.24, 2.45) is 5.92 Å². The first-order valence-corrected chi connectivity index (χ1v) is 6.44. The minimum absolute atomic E-state index is 0.0209. The standard InChI is InChI=1S/C14H15ClN2O2/c1-9(8-18)7-16-14(19)11-6-13(15)17-12-5-3-2-4-10(11)12/h2-6,9,18H,7-8H2,1H3,(H,16,19). The Balaban J connectivity index is 2.31. The molecule has 0 spiro atoms. The molecule has 1 atom stereocenters. The number of para-hydroxylation sites is 1. The highest BCUT2D eigenvalue weighted by Gasteiger charge is 2.12. The van der Waals surface area contributed by atoms with Crippen LogP contribution in [0.4, 0.5) is 0 Å². The van der Waals surface area contributed by atoms with Crippen LogP contribution in [-0.4, -0.2) is 29.1 Å². The highest BCUT2D eigenvalue weighted by atomic mass is 35.5. The van der Waals surface area contributed by atoms with Gasteiger partial charge < -0.3 is 10.4 Å². The number of rotatable bonds is 4. The Morgan fingerprint density at radius 3 is 2.95 bits per heavy atom. The predicted molar refractivity (Wildman–Crippen MR) is 75.3 cm³/mol. The van der Waals surface area contributed by atoms with Gasteiger partial charge in [-0.05, 0) is 18.1 Å². The Hall–Kier alpha value is -1.65. The molecule has 1 heterocycles. The van der Waals surface area contributed by atoms with E-state index in [9.17, 15) is 4.79 Å². The van der Waals surface area contributed by atoms with Crippen molar-refractivity contribution in [3.8, 4) is 0 Å². The smallest absolute Gasteiger partial charge is 0.252 e. The fourth-order valence-corrected chi connectivity index (χ4v) is 1.96. The van der Waals surface area contributed by atoms with E-state index >= 15 is 0 Å². The summed E-state index contributed by atoms with van der Waals surface area (Å²) in [5.41, 5.74) is 1.19. The molecule has 100 valence electrons. The van der Waals surface area contributed by atoms with Crippen LogP contribution in [-0.2, 0) is 0 Å². The second-order valence-corrected chi connectivity index (χ2v) is 4.89. The maximum absolute atomic E-state index is 12.2. The van der Waals surface area contributed by atoms with Crippen molar-refractivity contribution in [2.45, 2.75) is 6.92 Å². The number of nitrogens with one attached hydrogen (secondary N) is 1. The van der Waals surface area contributed by atoms with Gasteiger partial charge in [0.25, 0.3) is 5.91 Å². The van der Waals surface area contributed by atoms with E-state index in [-0.39, 0.29) is 18.4 Å². The minimum atomic E-state index is -0.208. The van der Waals surface area contributed by atoms with Gasteiger partial charge in [0.15, 0.2) is 0 Å². The first kappa shape index (κ1) is 13.8. The highest BCUT2D eigenvalue weighted by molar-refractivity contribution is 6.30. The second kappa shape index (κ2) is 5.99.